The third-order valence-electron chi connectivity index (χ3n) is 0. The minimum absolute atomic E-state index is 0.500. The fraction of sp³-hybridized carbons (Fsp3) is 1.00. The van der Waals surface area contributed by atoms with E-state index >= 15 is 0 Å². The zero-order chi connectivity index (χ0) is 18.9. The first-order valence-electron chi connectivity index (χ1n) is 7.58. The first kappa shape index (κ1) is 32.6. The smallest absolute Gasteiger partial charge is 0.208 e. The molecule has 0 spiro atoms. The van der Waals surface area contributed by atoms with Gasteiger partial charge in [0.2, 0.25) is 11.8 Å². The molecule has 136 valence electrons. The van der Waals surface area contributed by atoms with Crippen LogP contribution in [0.2, 0.25) is 0 Å². The van der Waals surface area contributed by atoms with Crippen molar-refractivity contribution in [1.82, 2.24) is 0 Å². The van der Waals surface area contributed by atoms with E-state index in [0.29, 0.717) is 5.41 Å². The largest absolute Gasteiger partial charge is 0.242 e. The van der Waals surface area contributed by atoms with Crippen LogP contribution >= 0.6 is 0 Å². The van der Waals surface area contributed by atoms with Gasteiger partial charge >= 0.3 is 0 Å². The molecule has 0 radical (unpaired) electrons. The minimum Gasteiger partial charge on any atom is -0.208 e. The highest BCUT2D eigenvalue weighted by Gasteiger charge is 2.08. The monoisotopic (exact) mass is 320 g/mol. The maximum atomic E-state index is 11.0. The van der Waals surface area contributed by atoms with E-state index in [0.717, 1.165) is 27.7 Å². The van der Waals surface area contributed by atoms with Gasteiger partial charge in [0.15, 0.2) is 0 Å². The van der Waals surface area contributed by atoms with Crippen LogP contribution in [0, 0.1) is 5.41 Å². The fourth-order valence-electron chi connectivity index (χ4n) is 0. The highest BCUT2D eigenvalue weighted by Crippen LogP contribution is 2.08. The summed E-state index contributed by atoms with van der Waals surface area (Å²) in [6.45, 7) is 20.7. The highest BCUT2D eigenvalue weighted by atomic mass is 19.3. The van der Waals surface area contributed by atoms with Crippen molar-refractivity contribution in [2.24, 2.45) is 5.41 Å². The van der Waals surface area contributed by atoms with Crippen LogP contribution in [-0.2, 0) is 0 Å². The maximum absolute atomic E-state index is 11.0. The predicted molar refractivity (Wildman–Crippen MR) is 89.6 cm³/mol. The molecular formula is C17H40F4. The van der Waals surface area contributed by atoms with Crippen molar-refractivity contribution in [2.45, 2.75) is 108 Å². The normalized spacial score (nSPS) is 10.3. The molecule has 0 rings (SSSR count). The van der Waals surface area contributed by atoms with E-state index in [1.54, 1.807) is 0 Å². The predicted octanol–water partition coefficient (Wildman–Crippen LogP) is 8.21. The molecule has 0 N–H and O–H groups in total. The van der Waals surface area contributed by atoms with Gasteiger partial charge in [-0.1, -0.05) is 68.2 Å². The van der Waals surface area contributed by atoms with Crippen LogP contribution in [0.5, 0.6) is 0 Å². The quantitative estimate of drug-likeness (QED) is 0.394. The molecule has 4 heteroatoms. The third-order valence-corrected chi connectivity index (χ3v) is 0. The van der Waals surface area contributed by atoms with E-state index in [2.05, 4.69) is 55.4 Å². The molecule has 0 amide bonds. The second-order valence-corrected chi connectivity index (χ2v) is 7.07. The molecule has 0 aromatic rings. The Morgan fingerprint density at radius 3 is 0.476 bits per heavy atom. The highest BCUT2D eigenvalue weighted by molar-refractivity contribution is 4.47. The van der Waals surface area contributed by atoms with Crippen molar-refractivity contribution in [1.29, 1.82) is 0 Å². The summed E-state index contributed by atoms with van der Waals surface area (Å²) >= 11 is 0. The fourth-order valence-corrected chi connectivity index (χ4v) is 0. The molecule has 0 bridgehead atoms. The molecule has 0 aromatic heterocycles. The summed E-state index contributed by atoms with van der Waals surface area (Å²) in [7, 11) is 0. The minimum atomic E-state index is -2.50. The summed E-state index contributed by atoms with van der Waals surface area (Å²) in [5.74, 6) is -5.00. The molecule has 0 heterocycles. The van der Waals surface area contributed by atoms with Gasteiger partial charge in [0.1, 0.15) is 0 Å². The Kier molecular flexibility index (Phi) is 27.6. The summed E-state index contributed by atoms with van der Waals surface area (Å²) in [5, 5.41) is 0. The Balaban J connectivity index is -0.0000000519. The van der Waals surface area contributed by atoms with E-state index in [1.165, 1.54) is 12.8 Å². The molecular weight excluding hydrogens is 280 g/mol. The average molecular weight is 320 g/mol. The number of halogens is 4. The van der Waals surface area contributed by atoms with E-state index in [4.69, 9.17) is 0 Å². The molecule has 0 aromatic carbocycles. The number of rotatable bonds is 0. The van der Waals surface area contributed by atoms with Gasteiger partial charge in [0, 0.05) is 0 Å². The summed E-state index contributed by atoms with van der Waals surface area (Å²) in [4.78, 5) is 0. The summed E-state index contributed by atoms with van der Waals surface area (Å²) in [5.41, 5.74) is 0.500. The first-order chi connectivity index (χ1) is 8.83. The molecule has 0 aliphatic heterocycles. The third kappa shape index (κ3) is 79000. The Morgan fingerprint density at radius 1 is 0.476 bits per heavy atom. The number of hydrogen-bond acceptors (Lipinski definition) is 0. The maximum Gasteiger partial charge on any atom is 0.242 e. The lowest BCUT2D eigenvalue weighted by Crippen LogP contribution is -1.98. The van der Waals surface area contributed by atoms with Crippen LogP contribution in [0.15, 0.2) is 0 Å². The van der Waals surface area contributed by atoms with Gasteiger partial charge < -0.3 is 0 Å². The second kappa shape index (κ2) is 17.8. The van der Waals surface area contributed by atoms with Crippen molar-refractivity contribution < 1.29 is 17.6 Å². The van der Waals surface area contributed by atoms with Crippen LogP contribution < -0.4 is 0 Å². The van der Waals surface area contributed by atoms with Gasteiger partial charge in [-0.2, -0.15) is 0 Å². The summed E-state index contributed by atoms with van der Waals surface area (Å²) < 4.78 is 44.1. The van der Waals surface area contributed by atoms with Crippen LogP contribution in [0.4, 0.5) is 17.6 Å². The lowest BCUT2D eigenvalue weighted by molar-refractivity contribution is 0.0428. The Morgan fingerprint density at radius 2 is 0.476 bits per heavy atom. The standard InChI is InChI=1S/C5H12.2C3H6F2.2C3H8/c1-5(2,3)4;2*1-3(2,4)5;2*1-3-2/h1-4H3;2*1-2H3;2*3H2,1-2H3. The Labute approximate surface area is 131 Å². The van der Waals surface area contributed by atoms with Gasteiger partial charge in [0.25, 0.3) is 0 Å². The molecule has 0 saturated heterocycles. The molecule has 0 aliphatic rings. The molecule has 0 atom stereocenters. The van der Waals surface area contributed by atoms with E-state index in [-0.39, 0.29) is 0 Å². The zero-order valence-electron chi connectivity index (χ0n) is 16.4. The lowest BCUT2D eigenvalue weighted by Gasteiger charge is -2.05. The van der Waals surface area contributed by atoms with Crippen molar-refractivity contribution in [2.75, 3.05) is 0 Å². The number of hydrogen-bond donors (Lipinski definition) is 0. The molecule has 0 saturated carbocycles. The van der Waals surface area contributed by atoms with Crippen molar-refractivity contribution in [3.8, 4) is 0 Å². The van der Waals surface area contributed by atoms with Gasteiger partial charge in [-0.25, -0.2) is 17.6 Å². The van der Waals surface area contributed by atoms with E-state index in [9.17, 15) is 17.6 Å². The van der Waals surface area contributed by atoms with Gasteiger partial charge in [-0.3, -0.25) is 0 Å². The average Bonchev–Trinajstić information content (AvgIpc) is 1.93. The SMILES string of the molecule is CC(C)(C)C.CC(C)(F)F.CC(C)(F)F.CCC.CCC. The van der Waals surface area contributed by atoms with Crippen molar-refractivity contribution in [3.05, 3.63) is 0 Å². The zero-order valence-corrected chi connectivity index (χ0v) is 16.4. The van der Waals surface area contributed by atoms with Gasteiger partial charge in [0.05, 0.1) is 0 Å². The van der Waals surface area contributed by atoms with Crippen LogP contribution in [0.1, 0.15) is 95.9 Å². The summed E-state index contributed by atoms with van der Waals surface area (Å²) in [6, 6.07) is 0. The Bertz CT molecular complexity index is 111. The molecule has 21 heavy (non-hydrogen) atoms. The molecule has 0 fully saturated rings. The van der Waals surface area contributed by atoms with Crippen molar-refractivity contribution >= 4 is 0 Å². The first-order valence-corrected chi connectivity index (χ1v) is 7.58. The molecule has 0 aliphatic carbocycles. The lowest BCUT2D eigenvalue weighted by atomic mass is 10.0. The van der Waals surface area contributed by atoms with Crippen LogP contribution in [0.25, 0.3) is 0 Å². The van der Waals surface area contributed by atoms with E-state index < -0.39 is 11.8 Å². The van der Waals surface area contributed by atoms with Crippen LogP contribution in [-0.4, -0.2) is 11.8 Å². The molecule has 0 nitrogen and oxygen atoms in total. The van der Waals surface area contributed by atoms with Crippen molar-refractivity contribution in [3.63, 3.8) is 0 Å². The van der Waals surface area contributed by atoms with Gasteiger partial charge in [-0.05, 0) is 33.1 Å². The number of alkyl halides is 4. The molecule has 0 unspecified atom stereocenters. The topological polar surface area (TPSA) is 0 Å². The second-order valence-electron chi connectivity index (χ2n) is 7.07. The Hall–Kier alpha value is -0.280. The van der Waals surface area contributed by atoms with E-state index in [1.807, 2.05) is 0 Å². The summed E-state index contributed by atoms with van der Waals surface area (Å²) in [6.07, 6.45) is 2.50. The van der Waals surface area contributed by atoms with Crippen LogP contribution in [0.3, 0.4) is 0 Å². The van der Waals surface area contributed by atoms with Gasteiger partial charge in [-0.15, -0.1) is 0 Å².